The summed E-state index contributed by atoms with van der Waals surface area (Å²) >= 11 is 1.48. The van der Waals surface area contributed by atoms with Crippen molar-refractivity contribution in [3.8, 4) is 11.3 Å². The van der Waals surface area contributed by atoms with Crippen molar-refractivity contribution in [2.75, 3.05) is 31.5 Å². The van der Waals surface area contributed by atoms with Crippen LogP contribution in [0, 0.1) is 0 Å². The van der Waals surface area contributed by atoms with Gasteiger partial charge in [-0.25, -0.2) is 4.98 Å². The maximum Gasteiger partial charge on any atom is 0.251 e. The number of piperidine rings is 1. The monoisotopic (exact) mass is 547 g/mol. The zero-order chi connectivity index (χ0) is 28.0. The molecule has 0 aliphatic carbocycles. The van der Waals surface area contributed by atoms with Crippen molar-refractivity contribution in [1.29, 1.82) is 0 Å². The first kappa shape index (κ1) is 30.1. The number of hydrogen-bond donors (Lipinski definition) is 3. The number of thiazole rings is 1. The fourth-order valence-electron chi connectivity index (χ4n) is 4.25. The van der Waals surface area contributed by atoms with Crippen LogP contribution in [-0.4, -0.2) is 53.9 Å². The molecule has 208 valence electrons. The van der Waals surface area contributed by atoms with E-state index in [2.05, 4.69) is 58.7 Å². The maximum absolute atomic E-state index is 12.5. The zero-order valence-corrected chi connectivity index (χ0v) is 24.2. The lowest BCUT2D eigenvalue weighted by Crippen LogP contribution is -2.45. The zero-order valence-electron chi connectivity index (χ0n) is 23.3. The Morgan fingerprint density at radius 2 is 1.87 bits per heavy atom. The Kier molecular flexibility index (Phi) is 12.2. The number of nitrogens with one attached hydrogen (secondary N) is 3. The molecule has 8 heteroatoms. The SMILES string of the molecule is C=C(CN(CCC)C(C)=O)Nc1nc(-c2ccc(C(=O)NC3CCCNC3)cc2)cs1.CCc1ccccc1. The third-order valence-corrected chi connectivity index (χ3v) is 7.19. The predicted molar refractivity (Wildman–Crippen MR) is 162 cm³/mol. The smallest absolute Gasteiger partial charge is 0.251 e. The van der Waals surface area contributed by atoms with Crippen LogP contribution in [0.4, 0.5) is 5.13 Å². The predicted octanol–water partition coefficient (Wildman–Crippen LogP) is 5.73. The molecule has 2 heterocycles. The van der Waals surface area contributed by atoms with Crippen LogP contribution in [0.1, 0.15) is 56.0 Å². The molecular weight excluding hydrogens is 506 g/mol. The number of amides is 2. The second-order valence-electron chi connectivity index (χ2n) is 9.64. The lowest BCUT2D eigenvalue weighted by atomic mass is 10.1. The van der Waals surface area contributed by atoms with Crippen LogP contribution in [0.25, 0.3) is 11.3 Å². The highest BCUT2D eigenvalue weighted by Crippen LogP contribution is 2.26. The van der Waals surface area contributed by atoms with Crippen LogP contribution in [-0.2, 0) is 11.2 Å². The number of hydrogen-bond acceptors (Lipinski definition) is 6. The van der Waals surface area contributed by atoms with Crippen molar-refractivity contribution >= 4 is 28.3 Å². The van der Waals surface area contributed by atoms with Gasteiger partial charge in [-0.15, -0.1) is 11.3 Å². The number of nitrogens with zero attached hydrogens (tertiary/aromatic N) is 2. The molecular formula is C31H41N5O2S. The molecule has 0 radical (unpaired) electrons. The van der Waals surface area contributed by atoms with Gasteiger partial charge in [0.15, 0.2) is 5.13 Å². The molecule has 0 saturated carbocycles. The Bertz CT molecular complexity index is 1190. The lowest BCUT2D eigenvalue weighted by molar-refractivity contribution is -0.128. The molecule has 1 unspecified atom stereocenters. The highest BCUT2D eigenvalue weighted by Gasteiger charge is 2.16. The molecule has 1 saturated heterocycles. The van der Waals surface area contributed by atoms with E-state index >= 15 is 0 Å². The van der Waals surface area contributed by atoms with Crippen molar-refractivity contribution in [3.63, 3.8) is 0 Å². The molecule has 39 heavy (non-hydrogen) atoms. The Balaban J connectivity index is 0.000000449. The number of carbonyl (C=O) groups excluding carboxylic acids is 2. The van der Waals surface area contributed by atoms with Crippen molar-refractivity contribution < 1.29 is 9.59 Å². The van der Waals surface area contributed by atoms with Gasteiger partial charge in [0.25, 0.3) is 5.91 Å². The average molecular weight is 548 g/mol. The third kappa shape index (κ3) is 9.96. The summed E-state index contributed by atoms with van der Waals surface area (Å²) in [6, 6.07) is 18.2. The average Bonchev–Trinajstić information content (AvgIpc) is 3.42. The summed E-state index contributed by atoms with van der Waals surface area (Å²) in [7, 11) is 0. The summed E-state index contributed by atoms with van der Waals surface area (Å²) in [4.78, 5) is 30.6. The van der Waals surface area contributed by atoms with Crippen LogP contribution in [0.5, 0.6) is 0 Å². The molecule has 0 spiro atoms. The van der Waals surface area contributed by atoms with Gasteiger partial charge in [0.2, 0.25) is 5.91 Å². The van der Waals surface area contributed by atoms with Gasteiger partial charge in [0.1, 0.15) is 0 Å². The van der Waals surface area contributed by atoms with Crippen LogP contribution < -0.4 is 16.0 Å². The highest BCUT2D eigenvalue weighted by molar-refractivity contribution is 7.14. The van der Waals surface area contributed by atoms with E-state index in [0.717, 1.165) is 60.9 Å². The van der Waals surface area contributed by atoms with Gasteiger partial charge in [0, 0.05) is 48.3 Å². The molecule has 1 atom stereocenters. The molecule has 1 fully saturated rings. The number of benzene rings is 2. The van der Waals surface area contributed by atoms with E-state index in [0.29, 0.717) is 18.7 Å². The second-order valence-corrected chi connectivity index (χ2v) is 10.5. The number of rotatable bonds is 10. The van der Waals surface area contributed by atoms with Gasteiger partial charge in [-0.3, -0.25) is 9.59 Å². The van der Waals surface area contributed by atoms with E-state index < -0.39 is 0 Å². The number of aromatic nitrogens is 1. The van der Waals surface area contributed by atoms with E-state index in [1.807, 2.05) is 42.6 Å². The largest absolute Gasteiger partial charge is 0.348 e. The van der Waals surface area contributed by atoms with E-state index in [-0.39, 0.29) is 17.9 Å². The van der Waals surface area contributed by atoms with Gasteiger partial charge in [0.05, 0.1) is 12.2 Å². The van der Waals surface area contributed by atoms with Crippen LogP contribution in [0.15, 0.2) is 72.3 Å². The fourth-order valence-corrected chi connectivity index (χ4v) is 5.02. The summed E-state index contributed by atoms with van der Waals surface area (Å²) in [6.45, 7) is 12.8. The first-order chi connectivity index (χ1) is 18.9. The third-order valence-electron chi connectivity index (χ3n) is 6.43. The van der Waals surface area contributed by atoms with Gasteiger partial charge < -0.3 is 20.9 Å². The van der Waals surface area contributed by atoms with Gasteiger partial charge in [-0.05, 0) is 49.9 Å². The molecule has 4 rings (SSSR count). The molecule has 1 aliphatic rings. The van der Waals surface area contributed by atoms with Gasteiger partial charge >= 0.3 is 0 Å². The second kappa shape index (κ2) is 15.8. The number of carbonyl (C=O) groups is 2. The fraction of sp³-hybridized carbons (Fsp3) is 0.387. The van der Waals surface area contributed by atoms with Gasteiger partial charge in [-0.2, -0.15) is 0 Å². The normalized spacial score (nSPS) is 14.5. The van der Waals surface area contributed by atoms with E-state index in [1.54, 1.807) is 11.8 Å². The summed E-state index contributed by atoms with van der Waals surface area (Å²) in [5, 5.41) is 12.3. The highest BCUT2D eigenvalue weighted by atomic mass is 32.1. The van der Waals surface area contributed by atoms with Crippen molar-refractivity contribution in [2.24, 2.45) is 0 Å². The quantitative estimate of drug-likeness (QED) is 0.302. The minimum atomic E-state index is -0.0423. The standard InChI is InChI=1S/C23H31N5O2S.C8H10/c1-4-12-28(17(3)29)14-16(2)25-23-27-21(15-31-23)18-7-9-19(10-8-18)22(30)26-20-6-5-11-24-13-20;1-2-8-6-4-3-5-7-8/h7-10,15,20,24H,2,4-6,11-14H2,1,3H3,(H,25,27)(H,26,30);3-7H,2H2,1H3. The molecule has 2 aromatic carbocycles. The lowest BCUT2D eigenvalue weighted by Gasteiger charge is -2.23. The summed E-state index contributed by atoms with van der Waals surface area (Å²) in [6.07, 6.45) is 4.14. The minimum Gasteiger partial charge on any atom is -0.348 e. The molecule has 3 N–H and O–H groups in total. The Morgan fingerprint density at radius 1 is 1.13 bits per heavy atom. The molecule has 0 bridgehead atoms. The Morgan fingerprint density at radius 3 is 2.46 bits per heavy atom. The summed E-state index contributed by atoms with van der Waals surface area (Å²) < 4.78 is 0. The molecule has 1 aliphatic heterocycles. The first-order valence-corrected chi connectivity index (χ1v) is 14.6. The van der Waals surface area contributed by atoms with Crippen LogP contribution in [0.2, 0.25) is 0 Å². The van der Waals surface area contributed by atoms with E-state index in [4.69, 9.17) is 0 Å². The summed E-state index contributed by atoms with van der Waals surface area (Å²) in [5.74, 6) is -0.00667. The molecule has 3 aromatic rings. The van der Waals surface area contributed by atoms with E-state index in [1.165, 1.54) is 16.9 Å². The van der Waals surface area contributed by atoms with Gasteiger partial charge in [-0.1, -0.05) is 62.9 Å². The number of aryl methyl sites for hydroxylation is 1. The van der Waals surface area contributed by atoms with Crippen molar-refractivity contribution in [3.05, 3.63) is 83.4 Å². The van der Waals surface area contributed by atoms with Crippen molar-refractivity contribution in [1.82, 2.24) is 20.5 Å². The topological polar surface area (TPSA) is 86.4 Å². The van der Waals surface area contributed by atoms with E-state index in [9.17, 15) is 9.59 Å². The molecule has 1 aromatic heterocycles. The maximum atomic E-state index is 12.5. The molecule has 2 amide bonds. The Hall–Kier alpha value is -3.49. The van der Waals surface area contributed by atoms with Crippen LogP contribution in [0.3, 0.4) is 0 Å². The minimum absolute atomic E-state index is 0.0357. The first-order valence-electron chi connectivity index (χ1n) is 13.7. The molecule has 7 nitrogen and oxygen atoms in total. The number of anilines is 1. The van der Waals surface area contributed by atoms with Crippen LogP contribution >= 0.6 is 11.3 Å². The Labute approximate surface area is 236 Å². The van der Waals surface area contributed by atoms with Crippen molar-refractivity contribution in [2.45, 2.75) is 52.5 Å². The summed E-state index contributed by atoms with van der Waals surface area (Å²) in [5.41, 5.74) is 4.57.